The molecule has 2 fully saturated rings. The fourth-order valence-electron chi connectivity index (χ4n) is 2.57. The van der Waals surface area contributed by atoms with E-state index in [-0.39, 0.29) is 0 Å². The summed E-state index contributed by atoms with van der Waals surface area (Å²) in [7, 11) is 0. The Labute approximate surface area is 83.4 Å². The number of hydrogen-bond acceptors (Lipinski definition) is 3. The maximum Gasteiger partial charge on any atom is 0.323 e. The predicted octanol–water partition coefficient (Wildman–Crippen LogP) is 0.605. The summed E-state index contributed by atoms with van der Waals surface area (Å²) in [6.45, 7) is 1.65. The number of ether oxygens (including phenoxy) is 1. The molecule has 0 aromatic carbocycles. The van der Waals surface area contributed by atoms with E-state index in [1.165, 1.54) is 0 Å². The fourth-order valence-corrected chi connectivity index (χ4v) is 2.57. The second-order valence-corrected chi connectivity index (χ2v) is 4.58. The molecule has 0 unspecified atom stereocenters. The normalized spacial score (nSPS) is 39.1. The average Bonchev–Trinajstić information content (AvgIpc) is 2.14. The first-order valence-electron chi connectivity index (χ1n) is 5.22. The standard InChI is InChI=1S/C10H17NO3/c11-10(9(12)13)5-8(6-10)7-1-3-14-4-2-7/h7-8H,1-6,11H2,(H,12,13). The van der Waals surface area contributed by atoms with E-state index in [1.807, 2.05) is 0 Å². The molecular weight excluding hydrogens is 182 g/mol. The van der Waals surface area contributed by atoms with Crippen LogP contribution in [0.4, 0.5) is 0 Å². The van der Waals surface area contributed by atoms with E-state index in [9.17, 15) is 4.79 Å². The average molecular weight is 199 g/mol. The lowest BCUT2D eigenvalue weighted by Crippen LogP contribution is -2.59. The van der Waals surface area contributed by atoms with Crippen molar-refractivity contribution in [1.82, 2.24) is 0 Å². The molecule has 80 valence electrons. The minimum Gasteiger partial charge on any atom is -0.480 e. The van der Waals surface area contributed by atoms with Crippen LogP contribution in [0.5, 0.6) is 0 Å². The Bertz CT molecular complexity index is 230. The van der Waals surface area contributed by atoms with E-state index in [0.29, 0.717) is 24.7 Å². The van der Waals surface area contributed by atoms with Gasteiger partial charge in [0.05, 0.1) is 0 Å². The lowest BCUT2D eigenvalue weighted by Gasteiger charge is -2.46. The maximum absolute atomic E-state index is 10.8. The summed E-state index contributed by atoms with van der Waals surface area (Å²) in [4.78, 5) is 10.8. The van der Waals surface area contributed by atoms with Crippen LogP contribution < -0.4 is 5.73 Å². The lowest BCUT2D eigenvalue weighted by molar-refractivity contribution is -0.150. The molecular formula is C10H17NO3. The number of carboxylic acid groups (broad SMARTS) is 1. The minimum atomic E-state index is -0.928. The number of nitrogens with two attached hydrogens (primary N) is 1. The van der Waals surface area contributed by atoms with Gasteiger partial charge in [0.15, 0.2) is 0 Å². The highest BCUT2D eigenvalue weighted by molar-refractivity contribution is 5.79. The quantitative estimate of drug-likeness (QED) is 0.683. The van der Waals surface area contributed by atoms with Crippen molar-refractivity contribution in [2.45, 2.75) is 31.2 Å². The molecule has 2 aliphatic rings. The van der Waals surface area contributed by atoms with Crippen molar-refractivity contribution in [2.24, 2.45) is 17.6 Å². The second-order valence-electron chi connectivity index (χ2n) is 4.58. The Balaban J connectivity index is 1.84. The topological polar surface area (TPSA) is 72.6 Å². The van der Waals surface area contributed by atoms with E-state index < -0.39 is 11.5 Å². The number of aliphatic carboxylic acids is 1. The molecule has 1 saturated carbocycles. The van der Waals surface area contributed by atoms with Crippen molar-refractivity contribution < 1.29 is 14.6 Å². The van der Waals surface area contributed by atoms with Crippen LogP contribution >= 0.6 is 0 Å². The van der Waals surface area contributed by atoms with E-state index in [0.717, 1.165) is 26.1 Å². The first-order chi connectivity index (χ1) is 6.62. The van der Waals surface area contributed by atoms with Crippen molar-refractivity contribution in [2.75, 3.05) is 13.2 Å². The Kier molecular flexibility index (Phi) is 2.49. The van der Waals surface area contributed by atoms with Crippen molar-refractivity contribution in [1.29, 1.82) is 0 Å². The summed E-state index contributed by atoms with van der Waals surface area (Å²) < 4.78 is 5.27. The van der Waals surface area contributed by atoms with E-state index in [2.05, 4.69) is 0 Å². The summed E-state index contributed by atoms with van der Waals surface area (Å²) >= 11 is 0. The summed E-state index contributed by atoms with van der Waals surface area (Å²) in [6.07, 6.45) is 3.43. The molecule has 1 heterocycles. The molecule has 0 radical (unpaired) electrons. The van der Waals surface area contributed by atoms with Gasteiger partial charge in [0.1, 0.15) is 5.54 Å². The highest BCUT2D eigenvalue weighted by Gasteiger charge is 2.49. The molecule has 1 aliphatic carbocycles. The number of carbonyl (C=O) groups is 1. The third kappa shape index (κ3) is 1.64. The van der Waals surface area contributed by atoms with Gasteiger partial charge in [-0.25, -0.2) is 0 Å². The van der Waals surface area contributed by atoms with Gasteiger partial charge in [0.2, 0.25) is 0 Å². The molecule has 0 amide bonds. The molecule has 1 aliphatic heterocycles. The Hall–Kier alpha value is -0.610. The zero-order chi connectivity index (χ0) is 10.2. The largest absolute Gasteiger partial charge is 0.480 e. The van der Waals surface area contributed by atoms with Gasteiger partial charge in [-0.2, -0.15) is 0 Å². The zero-order valence-electron chi connectivity index (χ0n) is 8.24. The maximum atomic E-state index is 10.8. The Morgan fingerprint density at radius 3 is 2.36 bits per heavy atom. The van der Waals surface area contributed by atoms with Crippen LogP contribution in [0.3, 0.4) is 0 Å². The predicted molar refractivity (Wildman–Crippen MR) is 50.8 cm³/mol. The highest BCUT2D eigenvalue weighted by atomic mass is 16.5. The third-order valence-corrected chi connectivity index (χ3v) is 3.61. The van der Waals surface area contributed by atoms with Gasteiger partial charge in [-0.1, -0.05) is 0 Å². The van der Waals surface area contributed by atoms with Crippen LogP contribution in [-0.4, -0.2) is 29.8 Å². The SMILES string of the molecule is NC1(C(=O)O)CC(C2CCOCC2)C1. The summed E-state index contributed by atoms with van der Waals surface area (Å²) in [5, 5.41) is 8.86. The van der Waals surface area contributed by atoms with Gasteiger partial charge in [-0.15, -0.1) is 0 Å². The molecule has 4 heteroatoms. The van der Waals surface area contributed by atoms with Gasteiger partial charge in [0, 0.05) is 13.2 Å². The number of rotatable bonds is 2. The molecule has 0 atom stereocenters. The van der Waals surface area contributed by atoms with Crippen LogP contribution in [0.1, 0.15) is 25.7 Å². The van der Waals surface area contributed by atoms with E-state index >= 15 is 0 Å². The van der Waals surface area contributed by atoms with Crippen molar-refractivity contribution in [3.05, 3.63) is 0 Å². The van der Waals surface area contributed by atoms with E-state index in [4.69, 9.17) is 15.6 Å². The summed E-state index contributed by atoms with van der Waals surface area (Å²) in [6, 6.07) is 0. The smallest absolute Gasteiger partial charge is 0.323 e. The van der Waals surface area contributed by atoms with Gasteiger partial charge in [-0.3, -0.25) is 4.79 Å². The van der Waals surface area contributed by atoms with Gasteiger partial charge in [0.25, 0.3) is 0 Å². The molecule has 0 aromatic rings. The molecule has 4 nitrogen and oxygen atoms in total. The second kappa shape index (κ2) is 3.51. The summed E-state index contributed by atoms with van der Waals surface area (Å²) in [5.41, 5.74) is 4.78. The first-order valence-corrected chi connectivity index (χ1v) is 5.22. The third-order valence-electron chi connectivity index (χ3n) is 3.61. The Morgan fingerprint density at radius 1 is 1.29 bits per heavy atom. The minimum absolute atomic E-state index is 0.514. The molecule has 0 bridgehead atoms. The van der Waals surface area contributed by atoms with Crippen LogP contribution in [-0.2, 0) is 9.53 Å². The Morgan fingerprint density at radius 2 is 1.86 bits per heavy atom. The van der Waals surface area contributed by atoms with Crippen LogP contribution in [0.2, 0.25) is 0 Å². The first kappa shape index (κ1) is 9.93. The monoisotopic (exact) mass is 199 g/mol. The molecule has 3 N–H and O–H groups in total. The van der Waals surface area contributed by atoms with Crippen LogP contribution in [0, 0.1) is 11.8 Å². The zero-order valence-corrected chi connectivity index (χ0v) is 8.24. The van der Waals surface area contributed by atoms with Crippen molar-refractivity contribution >= 4 is 5.97 Å². The lowest BCUT2D eigenvalue weighted by atomic mass is 9.62. The number of carboxylic acids is 1. The van der Waals surface area contributed by atoms with Gasteiger partial charge in [-0.05, 0) is 37.5 Å². The molecule has 0 spiro atoms. The van der Waals surface area contributed by atoms with Gasteiger partial charge >= 0.3 is 5.97 Å². The molecule has 1 saturated heterocycles. The highest BCUT2D eigenvalue weighted by Crippen LogP contribution is 2.43. The van der Waals surface area contributed by atoms with Crippen molar-refractivity contribution in [3.63, 3.8) is 0 Å². The molecule has 14 heavy (non-hydrogen) atoms. The van der Waals surface area contributed by atoms with Crippen molar-refractivity contribution in [3.8, 4) is 0 Å². The van der Waals surface area contributed by atoms with E-state index in [1.54, 1.807) is 0 Å². The van der Waals surface area contributed by atoms with Gasteiger partial charge < -0.3 is 15.6 Å². The fraction of sp³-hybridized carbons (Fsp3) is 0.900. The summed E-state index contributed by atoms with van der Waals surface area (Å²) in [5.74, 6) is 0.306. The number of hydrogen-bond donors (Lipinski definition) is 2. The molecule has 0 aromatic heterocycles. The molecule has 2 rings (SSSR count). The van der Waals surface area contributed by atoms with Crippen LogP contribution in [0.25, 0.3) is 0 Å². The van der Waals surface area contributed by atoms with Crippen LogP contribution in [0.15, 0.2) is 0 Å².